The average Bonchev–Trinajstić information content (AvgIpc) is 2.51. The van der Waals surface area contributed by atoms with Crippen molar-refractivity contribution >= 4 is 12.1 Å². The fourth-order valence-electron chi connectivity index (χ4n) is 1.98. The van der Waals surface area contributed by atoms with E-state index in [0.29, 0.717) is 5.92 Å². The summed E-state index contributed by atoms with van der Waals surface area (Å²) in [6, 6.07) is 9.54. The number of carbonyl (C=O) groups is 2. The molecule has 0 saturated carbocycles. The van der Waals surface area contributed by atoms with E-state index in [1.54, 1.807) is 0 Å². The molecule has 0 aromatic heterocycles. The number of benzene rings is 1. The van der Waals surface area contributed by atoms with Crippen LogP contribution in [0.2, 0.25) is 0 Å². The second kappa shape index (κ2) is 11.4. The molecule has 1 aromatic carbocycles. The van der Waals surface area contributed by atoms with E-state index in [0.717, 1.165) is 37.5 Å². The van der Waals surface area contributed by atoms with E-state index < -0.39 is 0 Å². The molecule has 0 aliphatic heterocycles. The molecule has 2 nitrogen and oxygen atoms in total. The van der Waals surface area contributed by atoms with E-state index in [9.17, 15) is 9.59 Å². The SMILES string of the molecule is CCC(C=O)CC.CCC(CC)C(=O)c1ccccc1. The van der Waals surface area contributed by atoms with Gasteiger partial charge in [0.2, 0.25) is 0 Å². The number of hydrogen-bond acceptors (Lipinski definition) is 2. The van der Waals surface area contributed by atoms with Gasteiger partial charge in [-0.2, -0.15) is 0 Å². The largest absolute Gasteiger partial charge is 0.303 e. The summed E-state index contributed by atoms with van der Waals surface area (Å²) in [5.41, 5.74) is 0.844. The molecule has 0 N–H and O–H groups in total. The van der Waals surface area contributed by atoms with E-state index in [-0.39, 0.29) is 11.7 Å². The molecule has 0 radical (unpaired) electrons. The van der Waals surface area contributed by atoms with E-state index in [1.807, 2.05) is 44.2 Å². The minimum Gasteiger partial charge on any atom is -0.303 e. The fraction of sp³-hybridized carbons (Fsp3) is 0.556. The number of carbonyl (C=O) groups excluding carboxylic acids is 2. The quantitative estimate of drug-likeness (QED) is 0.523. The van der Waals surface area contributed by atoms with Gasteiger partial charge in [-0.1, -0.05) is 58.0 Å². The number of ketones is 1. The van der Waals surface area contributed by atoms with Gasteiger partial charge in [0, 0.05) is 17.4 Å². The molecule has 2 heteroatoms. The molecule has 0 fully saturated rings. The number of Topliss-reactive ketones (excluding diaryl/α,β-unsaturated/α-hetero) is 1. The Morgan fingerprint density at radius 3 is 1.75 bits per heavy atom. The van der Waals surface area contributed by atoms with Crippen molar-refractivity contribution in [3.05, 3.63) is 35.9 Å². The van der Waals surface area contributed by atoms with Crippen LogP contribution >= 0.6 is 0 Å². The highest BCUT2D eigenvalue weighted by Gasteiger charge is 2.15. The third-order valence-electron chi connectivity index (χ3n) is 3.66. The molecule has 0 atom stereocenters. The van der Waals surface area contributed by atoms with E-state index in [4.69, 9.17) is 0 Å². The molecule has 0 spiro atoms. The van der Waals surface area contributed by atoms with Crippen molar-refractivity contribution in [1.29, 1.82) is 0 Å². The number of rotatable bonds is 7. The van der Waals surface area contributed by atoms with Gasteiger partial charge in [-0.15, -0.1) is 0 Å². The average molecular weight is 276 g/mol. The van der Waals surface area contributed by atoms with Gasteiger partial charge in [0.05, 0.1) is 0 Å². The van der Waals surface area contributed by atoms with Crippen molar-refractivity contribution in [2.24, 2.45) is 11.8 Å². The van der Waals surface area contributed by atoms with E-state index in [2.05, 4.69) is 13.8 Å². The second-order valence-electron chi connectivity index (χ2n) is 4.96. The maximum Gasteiger partial charge on any atom is 0.165 e. The molecule has 0 aliphatic rings. The third kappa shape index (κ3) is 6.65. The Labute approximate surface area is 123 Å². The topological polar surface area (TPSA) is 34.1 Å². The summed E-state index contributed by atoms with van der Waals surface area (Å²) >= 11 is 0. The second-order valence-corrected chi connectivity index (χ2v) is 4.96. The molecule has 1 aromatic rings. The molecule has 0 saturated heterocycles. The zero-order chi connectivity index (χ0) is 15.4. The minimum atomic E-state index is 0.197. The summed E-state index contributed by atoms with van der Waals surface area (Å²) in [6.07, 6.45) is 4.87. The minimum absolute atomic E-state index is 0.197. The molecule has 112 valence electrons. The predicted octanol–water partition coefficient (Wildman–Crippen LogP) is 4.93. The maximum absolute atomic E-state index is 11.8. The summed E-state index contributed by atoms with van der Waals surface area (Å²) < 4.78 is 0. The number of aldehydes is 1. The van der Waals surface area contributed by atoms with Crippen LogP contribution in [0, 0.1) is 11.8 Å². The lowest BCUT2D eigenvalue weighted by molar-refractivity contribution is -0.111. The van der Waals surface area contributed by atoms with Gasteiger partial charge < -0.3 is 4.79 Å². The predicted molar refractivity (Wildman–Crippen MR) is 85.0 cm³/mol. The lowest BCUT2D eigenvalue weighted by Crippen LogP contribution is -2.12. The maximum atomic E-state index is 11.8. The molecule has 0 bridgehead atoms. The molecular formula is C18H28O2. The van der Waals surface area contributed by atoms with Crippen molar-refractivity contribution in [2.75, 3.05) is 0 Å². The summed E-state index contributed by atoms with van der Waals surface area (Å²) in [7, 11) is 0. The normalized spacial score (nSPS) is 10.1. The monoisotopic (exact) mass is 276 g/mol. The van der Waals surface area contributed by atoms with Crippen LogP contribution in [0.4, 0.5) is 0 Å². The highest BCUT2D eigenvalue weighted by Crippen LogP contribution is 2.15. The molecule has 0 aliphatic carbocycles. The fourth-order valence-corrected chi connectivity index (χ4v) is 1.98. The summed E-state index contributed by atoms with van der Waals surface area (Å²) in [4.78, 5) is 21.8. The summed E-state index contributed by atoms with van der Waals surface area (Å²) in [5, 5.41) is 0. The Bertz CT molecular complexity index is 362. The summed E-state index contributed by atoms with van der Waals surface area (Å²) in [6.45, 7) is 8.19. The van der Waals surface area contributed by atoms with Gasteiger partial charge in [-0.05, 0) is 25.7 Å². The first-order chi connectivity index (χ1) is 9.64. The standard InChI is InChI=1S/C12H16O.C6H12O/c1-3-10(4-2)12(13)11-8-6-5-7-9-11;1-3-6(4-2)5-7/h5-10H,3-4H2,1-2H3;5-6H,3-4H2,1-2H3. The molecule has 0 heterocycles. The first-order valence-corrected chi connectivity index (χ1v) is 7.68. The van der Waals surface area contributed by atoms with Crippen molar-refractivity contribution in [1.82, 2.24) is 0 Å². The Kier molecular flexibility index (Phi) is 10.6. The van der Waals surface area contributed by atoms with Crippen LogP contribution in [0.3, 0.4) is 0 Å². The van der Waals surface area contributed by atoms with E-state index in [1.165, 1.54) is 0 Å². The van der Waals surface area contributed by atoms with Gasteiger partial charge in [0.15, 0.2) is 5.78 Å². The Morgan fingerprint density at radius 2 is 1.45 bits per heavy atom. The Morgan fingerprint density at radius 1 is 0.950 bits per heavy atom. The van der Waals surface area contributed by atoms with Crippen LogP contribution in [0.5, 0.6) is 0 Å². The van der Waals surface area contributed by atoms with Crippen LogP contribution in [0.1, 0.15) is 63.7 Å². The molecule has 20 heavy (non-hydrogen) atoms. The first kappa shape index (κ1) is 18.6. The highest BCUT2D eigenvalue weighted by atomic mass is 16.1. The highest BCUT2D eigenvalue weighted by molar-refractivity contribution is 5.97. The first-order valence-electron chi connectivity index (χ1n) is 7.68. The molecule has 0 unspecified atom stereocenters. The zero-order valence-corrected chi connectivity index (χ0v) is 13.3. The van der Waals surface area contributed by atoms with E-state index >= 15 is 0 Å². The summed E-state index contributed by atoms with van der Waals surface area (Å²) in [5.74, 6) is 0.785. The van der Waals surface area contributed by atoms with Crippen LogP contribution in [0.15, 0.2) is 30.3 Å². The smallest absolute Gasteiger partial charge is 0.165 e. The van der Waals surface area contributed by atoms with Gasteiger partial charge >= 0.3 is 0 Å². The van der Waals surface area contributed by atoms with Gasteiger partial charge in [-0.3, -0.25) is 4.79 Å². The lowest BCUT2D eigenvalue weighted by atomic mass is 9.93. The lowest BCUT2D eigenvalue weighted by Gasteiger charge is -2.10. The van der Waals surface area contributed by atoms with Crippen molar-refractivity contribution in [3.8, 4) is 0 Å². The van der Waals surface area contributed by atoms with Crippen molar-refractivity contribution in [2.45, 2.75) is 53.4 Å². The molecule has 1 rings (SSSR count). The Balaban J connectivity index is 0.000000441. The third-order valence-corrected chi connectivity index (χ3v) is 3.66. The van der Waals surface area contributed by atoms with Crippen LogP contribution < -0.4 is 0 Å². The van der Waals surface area contributed by atoms with Crippen LogP contribution in [0.25, 0.3) is 0 Å². The van der Waals surface area contributed by atoms with Gasteiger partial charge in [-0.25, -0.2) is 0 Å². The van der Waals surface area contributed by atoms with Crippen molar-refractivity contribution in [3.63, 3.8) is 0 Å². The number of hydrogen-bond donors (Lipinski definition) is 0. The Hall–Kier alpha value is -1.44. The van der Waals surface area contributed by atoms with Crippen LogP contribution in [-0.4, -0.2) is 12.1 Å². The zero-order valence-electron chi connectivity index (χ0n) is 13.3. The van der Waals surface area contributed by atoms with Crippen LogP contribution in [-0.2, 0) is 4.79 Å². The van der Waals surface area contributed by atoms with Gasteiger partial charge in [0.1, 0.15) is 6.29 Å². The van der Waals surface area contributed by atoms with Gasteiger partial charge in [0.25, 0.3) is 0 Å². The molecule has 0 amide bonds. The molecular weight excluding hydrogens is 248 g/mol. The van der Waals surface area contributed by atoms with Crippen molar-refractivity contribution < 1.29 is 9.59 Å².